The Kier molecular flexibility index (Phi) is 5.13. The Balaban J connectivity index is 2.07. The molecule has 0 bridgehead atoms. The first-order valence-electron chi connectivity index (χ1n) is 6.59. The van der Waals surface area contributed by atoms with Gasteiger partial charge in [-0.15, -0.1) is 11.3 Å². The third-order valence-electron chi connectivity index (χ3n) is 3.74. The van der Waals surface area contributed by atoms with Crippen molar-refractivity contribution in [3.63, 3.8) is 0 Å². The van der Waals surface area contributed by atoms with Crippen molar-refractivity contribution in [3.8, 4) is 0 Å². The van der Waals surface area contributed by atoms with Crippen molar-refractivity contribution in [2.24, 2.45) is 5.92 Å². The van der Waals surface area contributed by atoms with Gasteiger partial charge in [0.25, 0.3) is 0 Å². The maximum absolute atomic E-state index is 12.1. The molecular formula is C14H21NOS2. The van der Waals surface area contributed by atoms with Crippen molar-refractivity contribution >= 4 is 29.0 Å². The Hall–Kier alpha value is -0.480. The van der Waals surface area contributed by atoms with Gasteiger partial charge in [-0.3, -0.25) is 4.79 Å². The van der Waals surface area contributed by atoms with Crippen LogP contribution >= 0.6 is 23.1 Å². The molecule has 100 valence electrons. The number of hydrogen-bond donors (Lipinski definition) is 1. The second-order valence-corrected chi connectivity index (χ2v) is 7.08. The lowest BCUT2D eigenvalue weighted by Crippen LogP contribution is -2.36. The van der Waals surface area contributed by atoms with E-state index in [4.69, 9.17) is 0 Å². The number of carbonyl (C=O) groups is 1. The van der Waals surface area contributed by atoms with E-state index in [1.54, 1.807) is 23.1 Å². The van der Waals surface area contributed by atoms with Crippen LogP contribution in [0.4, 0.5) is 0 Å². The van der Waals surface area contributed by atoms with Crippen LogP contribution in [0.25, 0.3) is 0 Å². The van der Waals surface area contributed by atoms with Crippen molar-refractivity contribution in [1.82, 2.24) is 5.32 Å². The molecule has 1 heterocycles. The van der Waals surface area contributed by atoms with Crippen molar-refractivity contribution in [1.29, 1.82) is 0 Å². The molecule has 1 amide bonds. The maximum atomic E-state index is 12.1. The molecule has 0 aromatic carbocycles. The molecule has 1 saturated carbocycles. The second-order valence-electron chi connectivity index (χ2n) is 4.92. The first kappa shape index (κ1) is 13.9. The Labute approximate surface area is 118 Å². The fourth-order valence-corrected chi connectivity index (χ4v) is 3.71. The molecule has 0 spiro atoms. The van der Waals surface area contributed by atoms with Gasteiger partial charge in [0.15, 0.2) is 0 Å². The summed E-state index contributed by atoms with van der Waals surface area (Å²) < 4.78 is 0. The quantitative estimate of drug-likeness (QED) is 0.889. The molecule has 18 heavy (non-hydrogen) atoms. The van der Waals surface area contributed by atoms with Gasteiger partial charge >= 0.3 is 0 Å². The first-order chi connectivity index (χ1) is 8.72. The highest BCUT2D eigenvalue weighted by atomic mass is 32.2. The van der Waals surface area contributed by atoms with E-state index in [1.165, 1.54) is 30.6 Å². The summed E-state index contributed by atoms with van der Waals surface area (Å²) in [5, 5.41) is 5.40. The van der Waals surface area contributed by atoms with Crippen molar-refractivity contribution < 1.29 is 4.79 Å². The van der Waals surface area contributed by atoms with Crippen LogP contribution in [0.1, 0.15) is 43.5 Å². The molecule has 0 unspecified atom stereocenters. The number of hydrogen-bond acceptors (Lipinski definition) is 3. The van der Waals surface area contributed by atoms with Gasteiger partial charge in [0.1, 0.15) is 0 Å². The Morgan fingerprint density at radius 1 is 1.50 bits per heavy atom. The van der Waals surface area contributed by atoms with Gasteiger partial charge in [-0.05, 0) is 43.4 Å². The van der Waals surface area contributed by atoms with Gasteiger partial charge in [0.2, 0.25) is 5.91 Å². The van der Waals surface area contributed by atoms with E-state index in [-0.39, 0.29) is 17.2 Å². The first-order valence-corrected chi connectivity index (χ1v) is 8.75. The molecule has 1 N–H and O–H groups in total. The van der Waals surface area contributed by atoms with E-state index in [0.717, 1.165) is 0 Å². The molecular weight excluding hydrogens is 262 g/mol. The summed E-state index contributed by atoms with van der Waals surface area (Å²) in [6.07, 6.45) is 7.09. The number of rotatable bonds is 5. The lowest BCUT2D eigenvalue weighted by Gasteiger charge is -2.25. The maximum Gasteiger partial charge on any atom is 0.233 e. The highest BCUT2D eigenvalue weighted by molar-refractivity contribution is 7.99. The van der Waals surface area contributed by atoms with Gasteiger partial charge in [0.05, 0.1) is 11.3 Å². The molecule has 0 aliphatic heterocycles. The SMILES string of the molecule is CS[C@H](C)C(=O)N[C@@H](c1cccs1)C1CCCC1. The summed E-state index contributed by atoms with van der Waals surface area (Å²) in [5.41, 5.74) is 0. The standard InChI is InChI=1S/C14H21NOS2/c1-10(17-2)14(16)15-13(11-6-3-4-7-11)12-8-5-9-18-12/h5,8-11,13H,3-4,6-7H2,1-2H3,(H,15,16)/t10-,13-/m1/s1. The van der Waals surface area contributed by atoms with Crippen molar-refractivity contribution in [3.05, 3.63) is 22.4 Å². The summed E-state index contributed by atoms with van der Waals surface area (Å²) in [4.78, 5) is 13.4. The Bertz CT molecular complexity index is 371. The second kappa shape index (κ2) is 6.62. The van der Waals surface area contributed by atoms with E-state index in [1.807, 2.05) is 13.2 Å². The fraction of sp³-hybridized carbons (Fsp3) is 0.643. The van der Waals surface area contributed by atoms with Gasteiger partial charge in [-0.1, -0.05) is 18.9 Å². The smallest absolute Gasteiger partial charge is 0.233 e. The summed E-state index contributed by atoms with van der Waals surface area (Å²) >= 11 is 3.36. The lowest BCUT2D eigenvalue weighted by molar-refractivity contribution is -0.121. The van der Waals surface area contributed by atoms with Crippen molar-refractivity contribution in [2.75, 3.05) is 6.26 Å². The van der Waals surface area contributed by atoms with Crippen LogP contribution in [0.3, 0.4) is 0 Å². The minimum atomic E-state index is 0.0360. The molecule has 4 heteroatoms. The highest BCUT2D eigenvalue weighted by Gasteiger charge is 2.29. The largest absolute Gasteiger partial charge is 0.347 e. The number of carbonyl (C=O) groups excluding carboxylic acids is 1. The molecule has 1 aliphatic carbocycles. The lowest BCUT2D eigenvalue weighted by atomic mass is 9.96. The van der Waals surface area contributed by atoms with E-state index in [0.29, 0.717) is 5.92 Å². The van der Waals surface area contributed by atoms with E-state index >= 15 is 0 Å². The van der Waals surface area contributed by atoms with Crippen LogP contribution in [0.5, 0.6) is 0 Å². The number of thioether (sulfide) groups is 1. The molecule has 1 aromatic heterocycles. The summed E-state index contributed by atoms with van der Waals surface area (Å²) in [5.74, 6) is 0.800. The molecule has 0 radical (unpaired) electrons. The minimum Gasteiger partial charge on any atom is -0.347 e. The molecule has 0 saturated heterocycles. The minimum absolute atomic E-state index is 0.0360. The van der Waals surface area contributed by atoms with Crippen LogP contribution in [-0.4, -0.2) is 17.4 Å². The Morgan fingerprint density at radius 3 is 2.78 bits per heavy atom. The predicted molar refractivity (Wildman–Crippen MR) is 80.1 cm³/mol. The average molecular weight is 283 g/mol. The van der Waals surface area contributed by atoms with E-state index in [9.17, 15) is 4.79 Å². The predicted octanol–water partition coefficient (Wildman–Crippen LogP) is 3.85. The van der Waals surface area contributed by atoms with Crippen LogP contribution in [-0.2, 0) is 4.79 Å². The molecule has 2 atom stereocenters. The average Bonchev–Trinajstić information content (AvgIpc) is 3.06. The Morgan fingerprint density at radius 2 is 2.22 bits per heavy atom. The van der Waals surface area contributed by atoms with Crippen molar-refractivity contribution in [2.45, 2.75) is 43.9 Å². The molecule has 2 nitrogen and oxygen atoms in total. The fourth-order valence-electron chi connectivity index (χ4n) is 2.56. The third kappa shape index (κ3) is 3.29. The monoisotopic (exact) mass is 283 g/mol. The normalized spacial score (nSPS) is 19.7. The molecule has 2 rings (SSSR count). The molecule has 1 fully saturated rings. The third-order valence-corrected chi connectivity index (χ3v) is 5.62. The topological polar surface area (TPSA) is 29.1 Å². The van der Waals surface area contributed by atoms with Crippen LogP contribution in [0, 0.1) is 5.92 Å². The number of thiophene rings is 1. The molecule has 1 aromatic rings. The summed E-state index contributed by atoms with van der Waals surface area (Å²) in [6, 6.07) is 4.46. The van der Waals surface area contributed by atoms with E-state index in [2.05, 4.69) is 22.8 Å². The van der Waals surface area contributed by atoms with Gasteiger partial charge in [-0.2, -0.15) is 11.8 Å². The van der Waals surface area contributed by atoms with Gasteiger partial charge < -0.3 is 5.32 Å². The summed E-state index contributed by atoms with van der Waals surface area (Å²) in [7, 11) is 0. The van der Waals surface area contributed by atoms with E-state index < -0.39 is 0 Å². The highest BCUT2D eigenvalue weighted by Crippen LogP contribution is 2.37. The van der Waals surface area contributed by atoms with Crippen LogP contribution < -0.4 is 5.32 Å². The van der Waals surface area contributed by atoms with Crippen LogP contribution in [0.15, 0.2) is 17.5 Å². The van der Waals surface area contributed by atoms with Gasteiger partial charge in [-0.25, -0.2) is 0 Å². The summed E-state index contributed by atoms with van der Waals surface area (Å²) in [6.45, 7) is 1.97. The van der Waals surface area contributed by atoms with Gasteiger partial charge in [0, 0.05) is 4.88 Å². The van der Waals surface area contributed by atoms with Crippen LogP contribution in [0.2, 0.25) is 0 Å². The number of nitrogens with one attached hydrogen (secondary N) is 1. The number of amides is 1. The molecule has 1 aliphatic rings. The zero-order valence-corrected chi connectivity index (χ0v) is 12.7. The zero-order valence-electron chi connectivity index (χ0n) is 11.0. The zero-order chi connectivity index (χ0) is 13.0.